The summed E-state index contributed by atoms with van der Waals surface area (Å²) in [5.41, 5.74) is 6.67. The molecule has 0 aliphatic carbocycles. The third-order valence-corrected chi connectivity index (χ3v) is 2.08. The Kier molecular flexibility index (Phi) is 2.14. The Morgan fingerprint density at radius 1 is 1.53 bits per heavy atom. The lowest BCUT2D eigenvalue weighted by atomic mass is 10.2. The molecule has 0 unspecified atom stereocenters. The zero-order valence-corrected chi connectivity index (χ0v) is 8.19. The van der Waals surface area contributed by atoms with Crippen LogP contribution in [0.15, 0.2) is 24.4 Å². The van der Waals surface area contributed by atoms with Gasteiger partial charge in [0.05, 0.1) is 11.7 Å². The molecule has 0 saturated carbocycles. The third-order valence-electron chi connectivity index (χ3n) is 2.08. The molecule has 15 heavy (non-hydrogen) atoms. The summed E-state index contributed by atoms with van der Waals surface area (Å²) < 4.78 is 1.75. The Labute approximate surface area is 86.7 Å². The van der Waals surface area contributed by atoms with Crippen LogP contribution in [0.3, 0.4) is 0 Å². The van der Waals surface area contributed by atoms with Crippen molar-refractivity contribution in [3.05, 3.63) is 30.0 Å². The van der Waals surface area contributed by atoms with Gasteiger partial charge in [-0.25, -0.2) is 0 Å². The highest BCUT2D eigenvalue weighted by atomic mass is 16.1. The van der Waals surface area contributed by atoms with E-state index in [2.05, 4.69) is 16.9 Å². The molecule has 2 rings (SSSR count). The van der Waals surface area contributed by atoms with Crippen molar-refractivity contribution >= 4 is 16.8 Å². The summed E-state index contributed by atoms with van der Waals surface area (Å²) in [4.78, 5) is 10.5. The van der Waals surface area contributed by atoms with Crippen LogP contribution in [0.2, 0.25) is 0 Å². The number of fused-ring (bicyclic) bond motifs is 1. The zero-order chi connectivity index (χ0) is 10.8. The van der Waals surface area contributed by atoms with Gasteiger partial charge < -0.3 is 5.73 Å². The molecule has 0 bridgehead atoms. The van der Waals surface area contributed by atoms with Gasteiger partial charge in [-0.05, 0) is 24.1 Å². The maximum absolute atomic E-state index is 10.5. The third kappa shape index (κ3) is 1.81. The first-order valence-electron chi connectivity index (χ1n) is 4.40. The second-order valence-electron chi connectivity index (χ2n) is 3.16. The molecule has 0 saturated heterocycles. The van der Waals surface area contributed by atoms with E-state index in [4.69, 9.17) is 5.73 Å². The predicted molar refractivity (Wildman–Crippen MR) is 56.8 cm³/mol. The molecule has 0 radical (unpaired) electrons. The van der Waals surface area contributed by atoms with Crippen LogP contribution in [0.1, 0.15) is 5.56 Å². The minimum atomic E-state index is -0.625. The molecule has 0 spiro atoms. The number of rotatable bonds is 0. The fourth-order valence-electron chi connectivity index (χ4n) is 1.36. The van der Waals surface area contributed by atoms with Crippen LogP contribution in [0.4, 0.5) is 0 Å². The van der Waals surface area contributed by atoms with Crippen LogP contribution >= 0.6 is 0 Å². The highest BCUT2D eigenvalue weighted by Crippen LogP contribution is 2.13. The quantitative estimate of drug-likeness (QED) is 0.625. The highest BCUT2D eigenvalue weighted by molar-refractivity contribution is 5.92. The van der Waals surface area contributed by atoms with Crippen LogP contribution in [-0.2, 0) is 11.8 Å². The number of benzene rings is 1. The number of aryl methyl sites for hydroxylation is 1. The van der Waals surface area contributed by atoms with Gasteiger partial charge in [0.25, 0.3) is 5.91 Å². The largest absolute Gasteiger partial charge is 0.359 e. The maximum atomic E-state index is 10.5. The molecule has 0 aliphatic heterocycles. The molecular weight excluding hydrogens is 190 g/mol. The standard InChI is InChI=1S/C11H9N3O/c1-14-10-6-8(3-5-11(12)15)2-4-9(10)7-13-14/h2,4,6-7H,1H3,(H2,12,15). The first-order valence-corrected chi connectivity index (χ1v) is 4.40. The lowest BCUT2D eigenvalue weighted by Crippen LogP contribution is -2.06. The van der Waals surface area contributed by atoms with Gasteiger partial charge in [-0.3, -0.25) is 9.48 Å². The summed E-state index contributed by atoms with van der Waals surface area (Å²) in [6.07, 6.45) is 1.78. The number of nitrogens with zero attached hydrogens (tertiary/aromatic N) is 2. The van der Waals surface area contributed by atoms with Crippen LogP contribution in [0, 0.1) is 11.8 Å². The van der Waals surface area contributed by atoms with Crippen LogP contribution in [-0.4, -0.2) is 15.7 Å². The van der Waals surface area contributed by atoms with Crippen molar-refractivity contribution in [1.82, 2.24) is 9.78 Å². The monoisotopic (exact) mass is 199 g/mol. The van der Waals surface area contributed by atoms with Gasteiger partial charge in [0.15, 0.2) is 0 Å². The number of amides is 1. The summed E-state index contributed by atoms with van der Waals surface area (Å²) in [7, 11) is 1.85. The first-order chi connectivity index (χ1) is 7.16. The number of primary amides is 1. The summed E-state index contributed by atoms with van der Waals surface area (Å²) in [6.45, 7) is 0. The van der Waals surface area contributed by atoms with Crippen LogP contribution in [0.5, 0.6) is 0 Å². The summed E-state index contributed by atoms with van der Waals surface area (Å²) in [6, 6.07) is 5.62. The zero-order valence-electron chi connectivity index (χ0n) is 8.19. The van der Waals surface area contributed by atoms with E-state index in [1.807, 2.05) is 25.2 Å². The van der Waals surface area contributed by atoms with Gasteiger partial charge >= 0.3 is 0 Å². The van der Waals surface area contributed by atoms with Crippen molar-refractivity contribution in [1.29, 1.82) is 0 Å². The Morgan fingerprint density at radius 3 is 3.07 bits per heavy atom. The molecule has 0 fully saturated rings. The molecule has 4 heteroatoms. The molecule has 1 amide bonds. The van der Waals surface area contributed by atoms with Crippen molar-refractivity contribution in [2.75, 3.05) is 0 Å². The normalized spacial score (nSPS) is 9.67. The van der Waals surface area contributed by atoms with Crippen molar-refractivity contribution in [2.45, 2.75) is 0 Å². The summed E-state index contributed by atoms with van der Waals surface area (Å²) in [5.74, 6) is 4.36. The topological polar surface area (TPSA) is 60.9 Å². The molecule has 0 aliphatic rings. The second-order valence-corrected chi connectivity index (χ2v) is 3.16. The van der Waals surface area contributed by atoms with E-state index in [-0.39, 0.29) is 0 Å². The first kappa shape index (κ1) is 9.28. The van der Waals surface area contributed by atoms with Gasteiger partial charge in [-0.15, -0.1) is 0 Å². The van der Waals surface area contributed by atoms with E-state index in [0.29, 0.717) is 0 Å². The summed E-state index contributed by atoms with van der Waals surface area (Å²) in [5, 5.41) is 5.15. The molecular formula is C11H9N3O. The van der Waals surface area contributed by atoms with E-state index < -0.39 is 5.91 Å². The number of hydrogen-bond acceptors (Lipinski definition) is 2. The Morgan fingerprint density at radius 2 is 2.33 bits per heavy atom. The number of carbonyl (C=O) groups excluding carboxylic acids is 1. The molecule has 1 heterocycles. The van der Waals surface area contributed by atoms with E-state index in [0.717, 1.165) is 16.5 Å². The molecule has 1 aromatic carbocycles. The number of aromatic nitrogens is 2. The number of carbonyl (C=O) groups is 1. The summed E-state index contributed by atoms with van der Waals surface area (Å²) >= 11 is 0. The predicted octanol–water partition coefficient (Wildman–Crippen LogP) is 0.410. The highest BCUT2D eigenvalue weighted by Gasteiger charge is 1.98. The maximum Gasteiger partial charge on any atom is 0.293 e. The Hall–Kier alpha value is -2.28. The molecule has 1 aromatic heterocycles. The average molecular weight is 199 g/mol. The van der Waals surface area contributed by atoms with E-state index in [1.165, 1.54) is 0 Å². The SMILES string of the molecule is Cn1ncc2ccc(C#CC(N)=O)cc21. The Bertz CT molecular complexity index is 587. The molecule has 4 nitrogen and oxygen atoms in total. The lowest BCUT2D eigenvalue weighted by Gasteiger charge is -1.94. The smallest absolute Gasteiger partial charge is 0.293 e. The van der Waals surface area contributed by atoms with Gasteiger partial charge in [0.1, 0.15) is 0 Å². The lowest BCUT2D eigenvalue weighted by molar-refractivity contribution is -0.112. The average Bonchev–Trinajstić information content (AvgIpc) is 2.57. The van der Waals surface area contributed by atoms with Crippen LogP contribution < -0.4 is 5.73 Å². The van der Waals surface area contributed by atoms with E-state index >= 15 is 0 Å². The molecule has 74 valence electrons. The van der Waals surface area contributed by atoms with Crippen molar-refractivity contribution in [3.8, 4) is 11.8 Å². The van der Waals surface area contributed by atoms with Crippen molar-refractivity contribution in [2.24, 2.45) is 12.8 Å². The molecule has 2 aromatic rings. The van der Waals surface area contributed by atoms with Gasteiger partial charge in [-0.1, -0.05) is 5.92 Å². The fourth-order valence-corrected chi connectivity index (χ4v) is 1.36. The minimum absolute atomic E-state index is 0.625. The molecule has 0 atom stereocenters. The van der Waals surface area contributed by atoms with Gasteiger partial charge in [-0.2, -0.15) is 5.10 Å². The number of hydrogen-bond donors (Lipinski definition) is 1. The molecule has 2 N–H and O–H groups in total. The van der Waals surface area contributed by atoms with E-state index in [1.54, 1.807) is 10.9 Å². The van der Waals surface area contributed by atoms with Gasteiger partial charge in [0.2, 0.25) is 0 Å². The van der Waals surface area contributed by atoms with Crippen molar-refractivity contribution in [3.63, 3.8) is 0 Å². The van der Waals surface area contributed by atoms with E-state index in [9.17, 15) is 4.79 Å². The number of nitrogens with two attached hydrogens (primary N) is 1. The van der Waals surface area contributed by atoms with Crippen LogP contribution in [0.25, 0.3) is 10.9 Å². The van der Waals surface area contributed by atoms with Gasteiger partial charge in [0, 0.05) is 18.0 Å². The fraction of sp³-hybridized carbons (Fsp3) is 0.0909. The van der Waals surface area contributed by atoms with Crippen molar-refractivity contribution < 1.29 is 4.79 Å². The Balaban J connectivity index is 2.52. The minimum Gasteiger partial charge on any atom is -0.359 e. The second kappa shape index (κ2) is 3.46.